The van der Waals surface area contributed by atoms with Crippen molar-refractivity contribution in [2.45, 2.75) is 44.1 Å². The molecule has 4 nitrogen and oxygen atoms in total. The van der Waals surface area contributed by atoms with Crippen LogP contribution in [0, 0.1) is 0 Å². The zero-order valence-corrected chi connectivity index (χ0v) is 17.1. The number of hydrogen-bond acceptors (Lipinski definition) is 4. The third-order valence-electron chi connectivity index (χ3n) is 5.45. The Morgan fingerprint density at radius 1 is 1.14 bits per heavy atom. The van der Waals surface area contributed by atoms with Gasteiger partial charge < -0.3 is 5.32 Å². The molecule has 28 heavy (non-hydrogen) atoms. The summed E-state index contributed by atoms with van der Waals surface area (Å²) >= 11 is 7.78. The summed E-state index contributed by atoms with van der Waals surface area (Å²) in [4.78, 5) is 22.0. The van der Waals surface area contributed by atoms with E-state index in [1.165, 1.54) is 6.42 Å². The average Bonchev–Trinajstić information content (AvgIpc) is 3.22. The van der Waals surface area contributed by atoms with Crippen molar-refractivity contribution in [3.63, 3.8) is 0 Å². The van der Waals surface area contributed by atoms with Crippen LogP contribution in [0.1, 0.15) is 42.7 Å². The monoisotopic (exact) mass is 411 g/mol. The predicted octanol–water partition coefficient (Wildman–Crippen LogP) is 5.38. The molecule has 0 bridgehead atoms. The Bertz CT molecular complexity index is 951. The number of carbonyl (C=O) groups excluding carboxylic acids is 1. The summed E-state index contributed by atoms with van der Waals surface area (Å²) in [5, 5.41) is 6.74. The quantitative estimate of drug-likeness (QED) is 0.613. The maximum atomic E-state index is 13.3. The molecule has 1 amide bonds. The van der Waals surface area contributed by atoms with Crippen LogP contribution in [0.2, 0.25) is 5.02 Å². The molecule has 2 heterocycles. The summed E-state index contributed by atoms with van der Waals surface area (Å²) in [5.74, 6) is 0.0788. The Hall–Kier alpha value is -2.24. The van der Waals surface area contributed by atoms with Crippen LogP contribution in [0.25, 0.3) is 11.3 Å². The number of benzene rings is 1. The Morgan fingerprint density at radius 2 is 1.93 bits per heavy atom. The minimum absolute atomic E-state index is 0.0788. The van der Waals surface area contributed by atoms with Gasteiger partial charge in [-0.05, 0) is 42.7 Å². The van der Waals surface area contributed by atoms with Crippen molar-refractivity contribution in [1.29, 1.82) is 0 Å². The van der Waals surface area contributed by atoms with Gasteiger partial charge in [0.2, 0.25) is 5.91 Å². The lowest BCUT2D eigenvalue weighted by Crippen LogP contribution is -2.45. The van der Waals surface area contributed by atoms with Gasteiger partial charge in [0.05, 0.1) is 17.7 Å². The molecule has 0 radical (unpaired) electrons. The molecule has 1 aliphatic rings. The zero-order chi connectivity index (χ0) is 19.4. The van der Waals surface area contributed by atoms with E-state index in [0.29, 0.717) is 11.6 Å². The van der Waals surface area contributed by atoms with Crippen molar-refractivity contribution >= 4 is 28.8 Å². The van der Waals surface area contributed by atoms with Gasteiger partial charge in [0.15, 0.2) is 0 Å². The second kappa shape index (κ2) is 8.41. The molecule has 0 saturated heterocycles. The van der Waals surface area contributed by atoms with Crippen molar-refractivity contribution in [2.75, 3.05) is 0 Å². The first-order chi connectivity index (χ1) is 13.7. The van der Waals surface area contributed by atoms with E-state index < -0.39 is 5.41 Å². The molecule has 1 fully saturated rings. The molecule has 4 rings (SSSR count). The Labute approximate surface area is 174 Å². The molecule has 0 atom stereocenters. The van der Waals surface area contributed by atoms with Gasteiger partial charge in [-0.25, -0.2) is 4.98 Å². The lowest BCUT2D eigenvalue weighted by atomic mass is 9.68. The molecular formula is C22H22ClN3OS. The largest absolute Gasteiger partial charge is 0.349 e. The van der Waals surface area contributed by atoms with Crippen molar-refractivity contribution < 1.29 is 4.79 Å². The van der Waals surface area contributed by atoms with Gasteiger partial charge in [-0.2, -0.15) is 0 Å². The van der Waals surface area contributed by atoms with E-state index in [0.717, 1.165) is 47.5 Å². The lowest BCUT2D eigenvalue weighted by molar-refractivity contribution is -0.128. The Kier molecular flexibility index (Phi) is 5.74. The molecule has 1 aromatic carbocycles. The first-order valence-electron chi connectivity index (χ1n) is 9.56. The van der Waals surface area contributed by atoms with Crippen LogP contribution in [0.5, 0.6) is 0 Å². The third kappa shape index (κ3) is 3.96. The van der Waals surface area contributed by atoms with Gasteiger partial charge in [-0.15, -0.1) is 11.3 Å². The van der Waals surface area contributed by atoms with Gasteiger partial charge in [0.25, 0.3) is 0 Å². The van der Waals surface area contributed by atoms with Gasteiger partial charge in [-0.1, -0.05) is 43.0 Å². The summed E-state index contributed by atoms with van der Waals surface area (Å²) < 4.78 is 0. The van der Waals surface area contributed by atoms with Crippen LogP contribution in [0.3, 0.4) is 0 Å². The highest BCUT2D eigenvalue weighted by Crippen LogP contribution is 2.40. The van der Waals surface area contributed by atoms with E-state index in [4.69, 9.17) is 11.6 Å². The fraction of sp³-hybridized carbons (Fsp3) is 0.318. The first kappa shape index (κ1) is 19.1. The van der Waals surface area contributed by atoms with Crippen LogP contribution in [0.15, 0.2) is 54.2 Å². The molecule has 6 heteroatoms. The molecule has 0 aliphatic heterocycles. The fourth-order valence-electron chi connectivity index (χ4n) is 3.96. The standard InChI is InChI=1S/C22H22ClN3OS/c23-18-6-4-5-17(13-18)22(9-2-1-3-10-22)21(27)25-14-20-26-19(15-28-20)16-7-11-24-12-8-16/h4-8,11-13,15H,1-3,9-10,14H2,(H,25,27). The molecule has 1 aliphatic carbocycles. The molecule has 1 saturated carbocycles. The minimum Gasteiger partial charge on any atom is -0.349 e. The number of thiazole rings is 1. The number of amides is 1. The van der Waals surface area contributed by atoms with Crippen molar-refractivity contribution in [3.05, 3.63) is 69.8 Å². The maximum absolute atomic E-state index is 13.3. The number of aromatic nitrogens is 2. The Morgan fingerprint density at radius 3 is 2.68 bits per heavy atom. The van der Waals surface area contributed by atoms with Gasteiger partial charge in [-0.3, -0.25) is 9.78 Å². The van der Waals surface area contributed by atoms with Crippen molar-refractivity contribution in [3.8, 4) is 11.3 Å². The van der Waals surface area contributed by atoms with E-state index in [1.54, 1.807) is 23.7 Å². The van der Waals surface area contributed by atoms with Crippen molar-refractivity contribution in [1.82, 2.24) is 15.3 Å². The number of rotatable bonds is 5. The van der Waals surface area contributed by atoms with E-state index in [9.17, 15) is 4.79 Å². The topological polar surface area (TPSA) is 54.9 Å². The highest BCUT2D eigenvalue weighted by atomic mass is 35.5. The second-order valence-corrected chi connectivity index (χ2v) is 8.58. The molecule has 144 valence electrons. The number of hydrogen-bond donors (Lipinski definition) is 1. The number of nitrogens with zero attached hydrogens (tertiary/aromatic N) is 2. The summed E-state index contributed by atoms with van der Waals surface area (Å²) in [7, 11) is 0. The van der Waals surface area contributed by atoms with Crippen molar-refractivity contribution in [2.24, 2.45) is 0 Å². The van der Waals surface area contributed by atoms with Gasteiger partial charge >= 0.3 is 0 Å². The summed E-state index contributed by atoms with van der Waals surface area (Å²) in [6, 6.07) is 11.6. The van der Waals surface area contributed by atoms with Crippen LogP contribution in [0.4, 0.5) is 0 Å². The maximum Gasteiger partial charge on any atom is 0.231 e. The lowest BCUT2D eigenvalue weighted by Gasteiger charge is -2.36. The fourth-order valence-corrected chi connectivity index (χ4v) is 4.89. The number of halogens is 1. The molecule has 1 N–H and O–H groups in total. The van der Waals surface area contributed by atoms with Crippen LogP contribution in [-0.2, 0) is 16.8 Å². The zero-order valence-electron chi connectivity index (χ0n) is 15.5. The molecule has 0 spiro atoms. The molecule has 0 unspecified atom stereocenters. The van der Waals surface area contributed by atoms with E-state index in [1.807, 2.05) is 41.8 Å². The summed E-state index contributed by atoms with van der Waals surface area (Å²) in [6.45, 7) is 0.441. The highest BCUT2D eigenvalue weighted by molar-refractivity contribution is 7.09. The first-order valence-corrected chi connectivity index (χ1v) is 10.8. The number of carbonyl (C=O) groups is 1. The third-order valence-corrected chi connectivity index (χ3v) is 6.53. The molecular weight excluding hydrogens is 390 g/mol. The van der Waals surface area contributed by atoms with Crippen LogP contribution in [-0.4, -0.2) is 15.9 Å². The van der Waals surface area contributed by atoms with E-state index in [2.05, 4.69) is 15.3 Å². The van der Waals surface area contributed by atoms with E-state index in [-0.39, 0.29) is 5.91 Å². The summed E-state index contributed by atoms with van der Waals surface area (Å²) in [5.41, 5.74) is 2.48. The van der Waals surface area contributed by atoms with E-state index >= 15 is 0 Å². The Balaban J connectivity index is 1.50. The normalized spacial score (nSPS) is 15.9. The molecule has 2 aromatic heterocycles. The van der Waals surface area contributed by atoms with Gasteiger partial charge in [0, 0.05) is 28.4 Å². The SMILES string of the molecule is O=C(NCc1nc(-c2ccncc2)cs1)C1(c2cccc(Cl)c2)CCCCC1. The summed E-state index contributed by atoms with van der Waals surface area (Å²) in [6.07, 6.45) is 8.53. The van der Waals surface area contributed by atoms with Crippen LogP contribution >= 0.6 is 22.9 Å². The number of nitrogens with one attached hydrogen (secondary N) is 1. The highest BCUT2D eigenvalue weighted by Gasteiger charge is 2.41. The second-order valence-electron chi connectivity index (χ2n) is 7.20. The van der Waals surface area contributed by atoms with Crippen LogP contribution < -0.4 is 5.32 Å². The average molecular weight is 412 g/mol. The molecule has 3 aromatic rings. The number of pyridine rings is 1. The smallest absolute Gasteiger partial charge is 0.231 e. The minimum atomic E-state index is -0.492. The van der Waals surface area contributed by atoms with Gasteiger partial charge in [0.1, 0.15) is 5.01 Å². The predicted molar refractivity (Wildman–Crippen MR) is 113 cm³/mol.